The van der Waals surface area contributed by atoms with E-state index < -0.39 is 0 Å². The molecule has 0 saturated heterocycles. The van der Waals surface area contributed by atoms with Crippen molar-refractivity contribution in [2.24, 2.45) is 5.41 Å². The van der Waals surface area contributed by atoms with Crippen molar-refractivity contribution in [2.45, 2.75) is 45.1 Å². The highest BCUT2D eigenvalue weighted by atomic mass is 79.9. The van der Waals surface area contributed by atoms with Gasteiger partial charge >= 0.3 is 0 Å². The Bertz CT molecular complexity index is 427. The number of ether oxygens (including phenoxy) is 1. The molecule has 0 bridgehead atoms. The molecule has 1 aliphatic carbocycles. The van der Waals surface area contributed by atoms with Crippen molar-refractivity contribution in [3.63, 3.8) is 0 Å². The van der Waals surface area contributed by atoms with Gasteiger partial charge in [-0.05, 0) is 49.4 Å². The lowest BCUT2D eigenvalue weighted by atomic mass is 9.73. The first-order valence-electron chi connectivity index (χ1n) is 7.17. The van der Waals surface area contributed by atoms with E-state index in [0.717, 1.165) is 10.2 Å². The molecule has 3 heteroatoms. The van der Waals surface area contributed by atoms with Crippen molar-refractivity contribution < 1.29 is 4.74 Å². The lowest BCUT2D eigenvalue weighted by Crippen LogP contribution is -2.34. The van der Waals surface area contributed by atoms with Crippen molar-refractivity contribution in [1.82, 2.24) is 5.32 Å². The Morgan fingerprint density at radius 1 is 1.37 bits per heavy atom. The SMILES string of the molecule is CCC1(C(NC)c2ccc(OC)cc2Br)CCCC1. The summed E-state index contributed by atoms with van der Waals surface area (Å²) in [5, 5.41) is 3.56. The molecule has 2 rings (SSSR count). The summed E-state index contributed by atoms with van der Waals surface area (Å²) in [5.41, 5.74) is 1.76. The summed E-state index contributed by atoms with van der Waals surface area (Å²) >= 11 is 3.71. The van der Waals surface area contributed by atoms with Crippen molar-refractivity contribution in [3.05, 3.63) is 28.2 Å². The molecule has 0 aliphatic heterocycles. The van der Waals surface area contributed by atoms with Gasteiger partial charge in [-0.2, -0.15) is 0 Å². The molecule has 1 aromatic rings. The summed E-state index contributed by atoms with van der Waals surface area (Å²) in [4.78, 5) is 0. The van der Waals surface area contributed by atoms with Crippen LogP contribution in [0.25, 0.3) is 0 Å². The molecule has 0 amide bonds. The highest BCUT2D eigenvalue weighted by Gasteiger charge is 2.40. The number of halogens is 1. The van der Waals surface area contributed by atoms with Crippen LogP contribution in [0.1, 0.15) is 50.6 Å². The second kappa shape index (κ2) is 6.27. The Labute approximate surface area is 125 Å². The van der Waals surface area contributed by atoms with E-state index in [9.17, 15) is 0 Å². The molecule has 19 heavy (non-hydrogen) atoms. The third-order valence-corrected chi connectivity index (χ3v) is 5.41. The van der Waals surface area contributed by atoms with Crippen LogP contribution >= 0.6 is 15.9 Å². The first kappa shape index (κ1) is 14.9. The molecular weight excluding hydrogens is 302 g/mol. The van der Waals surface area contributed by atoms with E-state index in [1.54, 1.807) is 7.11 Å². The third-order valence-electron chi connectivity index (χ3n) is 4.72. The van der Waals surface area contributed by atoms with Crippen LogP contribution in [0.3, 0.4) is 0 Å². The number of methoxy groups -OCH3 is 1. The van der Waals surface area contributed by atoms with Gasteiger partial charge in [-0.25, -0.2) is 0 Å². The lowest BCUT2D eigenvalue weighted by Gasteiger charge is -2.37. The van der Waals surface area contributed by atoms with Gasteiger partial charge in [0.15, 0.2) is 0 Å². The van der Waals surface area contributed by atoms with E-state index in [2.05, 4.69) is 53.4 Å². The smallest absolute Gasteiger partial charge is 0.120 e. The minimum absolute atomic E-state index is 0.409. The van der Waals surface area contributed by atoms with Gasteiger partial charge in [0.05, 0.1) is 7.11 Å². The van der Waals surface area contributed by atoms with Crippen molar-refractivity contribution >= 4 is 15.9 Å². The molecule has 0 radical (unpaired) electrons. The Morgan fingerprint density at radius 3 is 2.53 bits per heavy atom. The average Bonchev–Trinajstić information content (AvgIpc) is 2.91. The number of rotatable bonds is 5. The highest BCUT2D eigenvalue weighted by Crippen LogP contribution is 2.51. The lowest BCUT2D eigenvalue weighted by molar-refractivity contribution is 0.194. The molecule has 1 aromatic carbocycles. The molecular formula is C16H24BrNO. The van der Waals surface area contributed by atoms with E-state index >= 15 is 0 Å². The maximum atomic E-state index is 5.29. The van der Waals surface area contributed by atoms with Crippen LogP contribution in [0.2, 0.25) is 0 Å². The minimum atomic E-state index is 0.409. The van der Waals surface area contributed by atoms with Gasteiger partial charge in [-0.15, -0.1) is 0 Å². The van der Waals surface area contributed by atoms with E-state index in [1.165, 1.54) is 37.7 Å². The predicted molar refractivity (Wildman–Crippen MR) is 83.7 cm³/mol. The summed E-state index contributed by atoms with van der Waals surface area (Å²) in [5.74, 6) is 0.905. The molecule has 0 heterocycles. The van der Waals surface area contributed by atoms with Gasteiger partial charge in [0.25, 0.3) is 0 Å². The number of hydrogen-bond acceptors (Lipinski definition) is 2. The summed E-state index contributed by atoms with van der Waals surface area (Å²) in [6, 6.07) is 6.74. The van der Waals surface area contributed by atoms with Crippen molar-refractivity contribution in [2.75, 3.05) is 14.2 Å². The summed E-state index contributed by atoms with van der Waals surface area (Å²) in [7, 11) is 3.79. The second-order valence-electron chi connectivity index (χ2n) is 5.53. The van der Waals surface area contributed by atoms with Crippen LogP contribution in [-0.2, 0) is 0 Å². The molecule has 1 aliphatic rings. The zero-order valence-corrected chi connectivity index (χ0v) is 13.7. The Balaban J connectivity index is 2.36. The fourth-order valence-electron chi connectivity index (χ4n) is 3.59. The second-order valence-corrected chi connectivity index (χ2v) is 6.39. The Hall–Kier alpha value is -0.540. The monoisotopic (exact) mass is 325 g/mol. The topological polar surface area (TPSA) is 21.3 Å². The first-order valence-corrected chi connectivity index (χ1v) is 7.97. The predicted octanol–water partition coefficient (Wildman–Crippen LogP) is 4.69. The van der Waals surface area contributed by atoms with Crippen molar-refractivity contribution in [3.8, 4) is 5.75 Å². The zero-order chi connectivity index (χ0) is 13.9. The van der Waals surface area contributed by atoms with Gasteiger partial charge in [0.2, 0.25) is 0 Å². The molecule has 0 spiro atoms. The summed E-state index contributed by atoms with van der Waals surface area (Å²) in [6.07, 6.45) is 6.61. The fraction of sp³-hybridized carbons (Fsp3) is 0.625. The number of hydrogen-bond donors (Lipinski definition) is 1. The molecule has 1 atom stereocenters. The molecule has 1 N–H and O–H groups in total. The van der Waals surface area contributed by atoms with Gasteiger partial charge < -0.3 is 10.1 Å². The van der Waals surface area contributed by atoms with Crippen LogP contribution in [0.5, 0.6) is 5.75 Å². The molecule has 2 nitrogen and oxygen atoms in total. The van der Waals surface area contributed by atoms with Gasteiger partial charge in [-0.1, -0.05) is 41.8 Å². The quantitative estimate of drug-likeness (QED) is 0.848. The van der Waals surface area contributed by atoms with Crippen LogP contribution in [-0.4, -0.2) is 14.2 Å². The van der Waals surface area contributed by atoms with Crippen LogP contribution < -0.4 is 10.1 Å². The normalized spacial score (nSPS) is 19.4. The van der Waals surface area contributed by atoms with E-state index in [-0.39, 0.29) is 0 Å². The minimum Gasteiger partial charge on any atom is -0.497 e. The van der Waals surface area contributed by atoms with E-state index in [1.807, 2.05) is 0 Å². The number of benzene rings is 1. The molecule has 1 unspecified atom stereocenters. The Morgan fingerprint density at radius 2 is 2.05 bits per heavy atom. The summed E-state index contributed by atoms with van der Waals surface area (Å²) in [6.45, 7) is 2.33. The van der Waals surface area contributed by atoms with Crippen LogP contribution in [0.15, 0.2) is 22.7 Å². The van der Waals surface area contributed by atoms with Gasteiger partial charge in [0.1, 0.15) is 5.75 Å². The maximum Gasteiger partial charge on any atom is 0.120 e. The van der Waals surface area contributed by atoms with Crippen LogP contribution in [0, 0.1) is 5.41 Å². The first-order chi connectivity index (χ1) is 9.16. The Kier molecular flexibility index (Phi) is 4.91. The largest absolute Gasteiger partial charge is 0.497 e. The van der Waals surface area contributed by atoms with Gasteiger partial charge in [0, 0.05) is 10.5 Å². The summed E-state index contributed by atoms with van der Waals surface area (Å²) < 4.78 is 6.43. The maximum absolute atomic E-state index is 5.29. The standard InChI is InChI=1S/C16H24BrNO/c1-4-16(9-5-6-10-16)15(18-2)13-8-7-12(19-3)11-14(13)17/h7-8,11,15,18H,4-6,9-10H2,1-3H3. The van der Waals surface area contributed by atoms with E-state index in [4.69, 9.17) is 4.74 Å². The molecule has 1 saturated carbocycles. The van der Waals surface area contributed by atoms with E-state index in [0.29, 0.717) is 11.5 Å². The average molecular weight is 326 g/mol. The number of nitrogens with one attached hydrogen (secondary N) is 1. The van der Waals surface area contributed by atoms with Gasteiger partial charge in [-0.3, -0.25) is 0 Å². The fourth-order valence-corrected chi connectivity index (χ4v) is 4.17. The van der Waals surface area contributed by atoms with Crippen molar-refractivity contribution in [1.29, 1.82) is 0 Å². The third kappa shape index (κ3) is 2.82. The molecule has 0 aromatic heterocycles. The molecule has 1 fully saturated rings. The zero-order valence-electron chi connectivity index (χ0n) is 12.1. The molecule has 106 valence electrons. The highest BCUT2D eigenvalue weighted by molar-refractivity contribution is 9.10. The van der Waals surface area contributed by atoms with Crippen LogP contribution in [0.4, 0.5) is 0 Å².